The summed E-state index contributed by atoms with van der Waals surface area (Å²) in [4.78, 5) is 11.0. The first-order chi connectivity index (χ1) is 8.90. The van der Waals surface area contributed by atoms with Crippen LogP contribution in [0.3, 0.4) is 0 Å². The van der Waals surface area contributed by atoms with E-state index in [1.54, 1.807) is 0 Å². The van der Waals surface area contributed by atoms with E-state index >= 15 is 0 Å². The van der Waals surface area contributed by atoms with Crippen molar-refractivity contribution in [1.82, 2.24) is 0 Å². The Kier molecular flexibility index (Phi) is 3.53. The zero-order valence-electron chi connectivity index (χ0n) is 9.88. The molecule has 0 atom stereocenters. The van der Waals surface area contributed by atoms with Crippen LogP contribution >= 0.6 is 11.6 Å². The van der Waals surface area contributed by atoms with Gasteiger partial charge in [-0.05, 0) is 42.3 Å². The van der Waals surface area contributed by atoms with E-state index < -0.39 is 17.6 Å². The summed E-state index contributed by atoms with van der Waals surface area (Å²) in [6.45, 7) is 1.45. The fourth-order valence-electron chi connectivity index (χ4n) is 1.72. The van der Waals surface area contributed by atoms with Gasteiger partial charge < -0.3 is 5.11 Å². The van der Waals surface area contributed by atoms with Gasteiger partial charge in [-0.25, -0.2) is 13.6 Å². The number of carboxylic acids is 1. The largest absolute Gasteiger partial charge is 0.478 e. The highest BCUT2D eigenvalue weighted by Gasteiger charge is 2.14. The number of aryl methyl sites for hydroxylation is 1. The summed E-state index contributed by atoms with van der Waals surface area (Å²) in [5.74, 6) is -2.39. The molecule has 0 bridgehead atoms. The van der Waals surface area contributed by atoms with Crippen LogP contribution in [0.15, 0.2) is 30.3 Å². The van der Waals surface area contributed by atoms with E-state index in [1.807, 2.05) is 0 Å². The minimum atomic E-state index is -1.22. The monoisotopic (exact) mass is 282 g/mol. The van der Waals surface area contributed by atoms with E-state index in [2.05, 4.69) is 0 Å². The predicted molar refractivity (Wildman–Crippen MR) is 68.5 cm³/mol. The summed E-state index contributed by atoms with van der Waals surface area (Å²) in [6.07, 6.45) is 0. The summed E-state index contributed by atoms with van der Waals surface area (Å²) < 4.78 is 27.3. The van der Waals surface area contributed by atoms with Crippen molar-refractivity contribution in [3.8, 4) is 11.1 Å². The summed E-state index contributed by atoms with van der Waals surface area (Å²) in [7, 11) is 0. The van der Waals surface area contributed by atoms with Crippen LogP contribution in [0.5, 0.6) is 0 Å². The SMILES string of the molecule is Cc1cc(F)c(-c2ccc(Cl)c(C(=O)O)c2)cc1F. The van der Waals surface area contributed by atoms with Crippen LogP contribution in [0.2, 0.25) is 5.02 Å². The zero-order chi connectivity index (χ0) is 14.2. The molecule has 0 amide bonds. The van der Waals surface area contributed by atoms with E-state index in [4.69, 9.17) is 16.7 Å². The summed E-state index contributed by atoms with van der Waals surface area (Å²) in [6, 6.07) is 6.12. The van der Waals surface area contributed by atoms with Gasteiger partial charge in [0.15, 0.2) is 0 Å². The molecular formula is C14H9ClF2O2. The van der Waals surface area contributed by atoms with Crippen LogP contribution in [-0.4, -0.2) is 11.1 Å². The molecule has 0 spiro atoms. The molecule has 98 valence electrons. The molecule has 0 unspecified atom stereocenters. The van der Waals surface area contributed by atoms with E-state index in [9.17, 15) is 13.6 Å². The smallest absolute Gasteiger partial charge is 0.337 e. The van der Waals surface area contributed by atoms with Crippen LogP contribution < -0.4 is 0 Å². The Bertz CT molecular complexity index is 669. The molecule has 0 aromatic heterocycles. The standard InChI is InChI=1S/C14H9ClF2O2/c1-7-4-13(17)9(6-12(7)16)8-2-3-11(15)10(5-8)14(18)19/h2-6H,1H3,(H,18,19). The minimum Gasteiger partial charge on any atom is -0.478 e. The summed E-state index contributed by atoms with van der Waals surface area (Å²) in [5, 5.41) is 9.00. The van der Waals surface area contributed by atoms with Gasteiger partial charge in [0, 0.05) is 5.56 Å². The quantitative estimate of drug-likeness (QED) is 0.892. The molecule has 0 radical (unpaired) electrons. The lowest BCUT2D eigenvalue weighted by molar-refractivity contribution is 0.0697. The molecule has 2 aromatic rings. The van der Waals surface area contributed by atoms with E-state index in [1.165, 1.54) is 25.1 Å². The Morgan fingerprint density at radius 2 is 1.84 bits per heavy atom. The van der Waals surface area contributed by atoms with E-state index in [0.717, 1.165) is 12.1 Å². The van der Waals surface area contributed by atoms with E-state index in [0.29, 0.717) is 0 Å². The normalized spacial score (nSPS) is 10.5. The van der Waals surface area contributed by atoms with E-state index in [-0.39, 0.29) is 27.3 Å². The van der Waals surface area contributed by atoms with Gasteiger partial charge in [-0.2, -0.15) is 0 Å². The predicted octanol–water partition coefficient (Wildman–Crippen LogP) is 4.29. The molecule has 0 aliphatic heterocycles. The molecule has 19 heavy (non-hydrogen) atoms. The Labute approximate surface area is 113 Å². The van der Waals surface area contributed by atoms with Crippen LogP contribution in [0.25, 0.3) is 11.1 Å². The minimum absolute atomic E-state index is 0.00210. The van der Waals surface area contributed by atoms with Gasteiger partial charge in [-0.1, -0.05) is 17.7 Å². The Balaban J connectivity index is 2.63. The number of benzene rings is 2. The van der Waals surface area contributed by atoms with Crippen molar-refractivity contribution in [2.45, 2.75) is 6.92 Å². The van der Waals surface area contributed by atoms with Crippen LogP contribution in [-0.2, 0) is 0 Å². The molecule has 0 aliphatic rings. The lowest BCUT2D eigenvalue weighted by Crippen LogP contribution is -1.98. The van der Waals surface area contributed by atoms with Crippen molar-refractivity contribution in [2.75, 3.05) is 0 Å². The number of carbonyl (C=O) groups is 1. The van der Waals surface area contributed by atoms with Gasteiger partial charge in [-0.3, -0.25) is 0 Å². The van der Waals surface area contributed by atoms with Crippen LogP contribution in [0.4, 0.5) is 8.78 Å². The zero-order valence-corrected chi connectivity index (χ0v) is 10.6. The second-order valence-electron chi connectivity index (χ2n) is 4.08. The molecule has 0 saturated heterocycles. The molecule has 0 saturated carbocycles. The summed E-state index contributed by atoms with van der Waals surface area (Å²) >= 11 is 5.73. The average Bonchev–Trinajstić information content (AvgIpc) is 2.34. The van der Waals surface area contributed by atoms with Crippen molar-refractivity contribution in [1.29, 1.82) is 0 Å². The van der Waals surface area contributed by atoms with Crippen molar-refractivity contribution in [3.05, 3.63) is 58.1 Å². The topological polar surface area (TPSA) is 37.3 Å². The second kappa shape index (κ2) is 4.97. The number of halogens is 3. The molecule has 2 nitrogen and oxygen atoms in total. The van der Waals surface area contributed by atoms with Gasteiger partial charge in [0.2, 0.25) is 0 Å². The Morgan fingerprint density at radius 1 is 1.16 bits per heavy atom. The Morgan fingerprint density at radius 3 is 2.47 bits per heavy atom. The van der Waals surface area contributed by atoms with Gasteiger partial charge in [-0.15, -0.1) is 0 Å². The highest BCUT2D eigenvalue weighted by Crippen LogP contribution is 2.28. The number of hydrogen-bond acceptors (Lipinski definition) is 1. The van der Waals surface area contributed by atoms with Crippen molar-refractivity contribution in [2.24, 2.45) is 0 Å². The molecule has 0 fully saturated rings. The van der Waals surface area contributed by atoms with Crippen LogP contribution in [0.1, 0.15) is 15.9 Å². The maximum Gasteiger partial charge on any atom is 0.337 e. The third-order valence-electron chi connectivity index (χ3n) is 2.76. The number of carboxylic acid groups (broad SMARTS) is 1. The van der Waals surface area contributed by atoms with Gasteiger partial charge >= 0.3 is 5.97 Å². The van der Waals surface area contributed by atoms with Crippen molar-refractivity contribution in [3.63, 3.8) is 0 Å². The van der Waals surface area contributed by atoms with Gasteiger partial charge in [0.1, 0.15) is 11.6 Å². The third-order valence-corrected chi connectivity index (χ3v) is 3.09. The molecule has 1 N–H and O–H groups in total. The molecule has 0 aliphatic carbocycles. The van der Waals surface area contributed by atoms with Crippen molar-refractivity contribution < 1.29 is 18.7 Å². The first kappa shape index (κ1) is 13.5. The molecule has 5 heteroatoms. The average molecular weight is 283 g/mol. The fraction of sp³-hybridized carbons (Fsp3) is 0.0714. The first-order valence-corrected chi connectivity index (χ1v) is 5.77. The number of rotatable bonds is 2. The summed E-state index contributed by atoms with van der Waals surface area (Å²) in [5.41, 5.74) is 0.300. The lowest BCUT2D eigenvalue weighted by atomic mass is 10.0. The van der Waals surface area contributed by atoms with Crippen molar-refractivity contribution >= 4 is 17.6 Å². The Hall–Kier alpha value is -1.94. The first-order valence-electron chi connectivity index (χ1n) is 5.39. The molecule has 0 heterocycles. The number of aromatic carboxylic acids is 1. The van der Waals surface area contributed by atoms with Crippen LogP contribution in [0, 0.1) is 18.6 Å². The molecule has 2 aromatic carbocycles. The third kappa shape index (κ3) is 2.58. The maximum absolute atomic E-state index is 13.8. The molecular weight excluding hydrogens is 274 g/mol. The van der Waals surface area contributed by atoms with Gasteiger partial charge in [0.25, 0.3) is 0 Å². The second-order valence-corrected chi connectivity index (χ2v) is 4.49. The number of hydrogen-bond donors (Lipinski definition) is 1. The fourth-order valence-corrected chi connectivity index (χ4v) is 1.92. The highest BCUT2D eigenvalue weighted by atomic mass is 35.5. The maximum atomic E-state index is 13.8. The van der Waals surface area contributed by atoms with Gasteiger partial charge in [0.05, 0.1) is 10.6 Å². The molecule has 2 rings (SSSR count). The highest BCUT2D eigenvalue weighted by molar-refractivity contribution is 6.33. The lowest BCUT2D eigenvalue weighted by Gasteiger charge is -2.08.